The minimum absolute atomic E-state index is 0.0336. The molecule has 0 radical (unpaired) electrons. The number of ether oxygens (including phenoxy) is 2. The topological polar surface area (TPSA) is 234 Å². The molecular weight excluding hydrogens is 698 g/mol. The Balaban J connectivity index is 1.39. The molecule has 7 atom stereocenters. The third-order valence-electron chi connectivity index (χ3n) is 9.62. The number of phenols is 1. The minimum Gasteiger partial charge on any atom is -0.508 e. The first-order valence-electron chi connectivity index (χ1n) is 17.8. The molecule has 2 heterocycles. The number of rotatable bonds is 17. The lowest BCUT2D eigenvalue weighted by Gasteiger charge is -2.47. The molecule has 5 rings (SSSR count). The first-order chi connectivity index (χ1) is 25.8. The maximum atomic E-state index is 13.6. The predicted molar refractivity (Wildman–Crippen MR) is 201 cm³/mol. The number of nitrogens with one attached hydrogen (secondary N) is 2. The highest BCUT2D eigenvalue weighted by molar-refractivity contribution is 5.99. The summed E-state index contributed by atoms with van der Waals surface area (Å²) in [5, 5.41) is 59.9. The second-order valence-electron chi connectivity index (χ2n) is 13.6. The third-order valence-corrected chi connectivity index (χ3v) is 9.62. The average molecular weight is 746 g/mol. The number of aliphatic carboxylic acids is 1. The third kappa shape index (κ3) is 9.16. The molecule has 9 N–H and O–H groups in total. The molecule has 1 aliphatic rings. The van der Waals surface area contributed by atoms with Gasteiger partial charge in [-0.05, 0) is 79.7 Å². The number of allylic oxidation sites excluding steroid dienone is 1. The second-order valence-corrected chi connectivity index (χ2v) is 13.6. The standard InChI is InChI=1S/C40H47N3O11/c1-3-18-42-20-26(23(2)8-7-11-24-9-5-4-6-10-24)21-43-22-40(51)36(47)33(46)35(38(49)50)54-39(40)52-28-16-17-29-30(19-28)53-34(37(41)48)31(32(29)45)25-12-14-27(44)15-13-25/h4-7,9-17,19,23,26,33,35-36,39,42-44,46-47,51H,3,8,18,20-22H2,1-2H3,(H2,41,48)(H,49,50). The van der Waals surface area contributed by atoms with Crippen molar-refractivity contribution in [3.8, 4) is 22.6 Å². The number of fused-ring (bicyclic) bond motifs is 1. The van der Waals surface area contributed by atoms with Crippen LogP contribution < -0.4 is 26.5 Å². The van der Waals surface area contributed by atoms with E-state index in [2.05, 4.69) is 36.6 Å². The van der Waals surface area contributed by atoms with Crippen LogP contribution >= 0.6 is 0 Å². The number of benzene rings is 3. The van der Waals surface area contributed by atoms with Gasteiger partial charge in [-0.15, -0.1) is 0 Å². The molecule has 0 saturated carbocycles. The summed E-state index contributed by atoms with van der Waals surface area (Å²) in [7, 11) is 0. The fraction of sp³-hybridized carbons (Fsp3) is 0.375. The highest BCUT2D eigenvalue weighted by Gasteiger charge is 2.58. The average Bonchev–Trinajstić information content (AvgIpc) is 3.15. The van der Waals surface area contributed by atoms with E-state index in [9.17, 15) is 39.9 Å². The predicted octanol–water partition coefficient (Wildman–Crippen LogP) is 2.85. The zero-order valence-electron chi connectivity index (χ0n) is 30.1. The van der Waals surface area contributed by atoms with E-state index in [1.807, 2.05) is 30.3 Å². The fourth-order valence-corrected chi connectivity index (χ4v) is 6.46. The number of aliphatic hydroxyl groups is 3. The number of amides is 1. The number of carbonyl (C=O) groups is 2. The van der Waals surface area contributed by atoms with E-state index in [1.54, 1.807) is 0 Å². The van der Waals surface area contributed by atoms with Gasteiger partial charge in [0.15, 0.2) is 11.7 Å². The normalized spacial score (nSPS) is 22.6. The molecular formula is C40H47N3O11. The number of aromatic hydroxyl groups is 1. The Kier molecular flexibility index (Phi) is 13.2. The van der Waals surface area contributed by atoms with Gasteiger partial charge in [0.05, 0.1) is 10.9 Å². The Bertz CT molecular complexity index is 1990. The van der Waals surface area contributed by atoms with Crippen LogP contribution in [0, 0.1) is 11.8 Å². The molecule has 1 aliphatic heterocycles. The van der Waals surface area contributed by atoms with Gasteiger partial charge < -0.3 is 55.8 Å². The zero-order valence-corrected chi connectivity index (χ0v) is 30.1. The van der Waals surface area contributed by atoms with Crippen molar-refractivity contribution in [2.75, 3.05) is 26.2 Å². The number of hydrogen-bond acceptors (Lipinski definition) is 12. The van der Waals surface area contributed by atoms with Crippen LogP contribution in [0.15, 0.2) is 88.1 Å². The first-order valence-corrected chi connectivity index (χ1v) is 17.8. The van der Waals surface area contributed by atoms with Crippen LogP contribution in [0.2, 0.25) is 0 Å². The van der Waals surface area contributed by atoms with E-state index >= 15 is 0 Å². The van der Waals surface area contributed by atoms with Gasteiger partial charge in [0.2, 0.25) is 17.5 Å². The van der Waals surface area contributed by atoms with E-state index in [1.165, 1.54) is 42.5 Å². The van der Waals surface area contributed by atoms with Gasteiger partial charge in [0, 0.05) is 12.6 Å². The summed E-state index contributed by atoms with van der Waals surface area (Å²) < 4.78 is 17.3. The summed E-state index contributed by atoms with van der Waals surface area (Å²) in [4.78, 5) is 38.0. The lowest BCUT2D eigenvalue weighted by molar-refractivity contribution is -0.311. The van der Waals surface area contributed by atoms with Crippen molar-refractivity contribution in [3.63, 3.8) is 0 Å². The molecule has 14 heteroatoms. The summed E-state index contributed by atoms with van der Waals surface area (Å²) in [6, 6.07) is 19.4. The Morgan fingerprint density at radius 1 is 1.04 bits per heavy atom. The smallest absolute Gasteiger partial charge is 0.335 e. The van der Waals surface area contributed by atoms with Crippen LogP contribution in [0.1, 0.15) is 42.8 Å². The number of carboxylic acid groups (broad SMARTS) is 1. The number of phenolic OH excluding ortho intramolecular Hbond substituents is 1. The SMILES string of the molecule is CCCNCC(CNCC1(O)C(Oc2ccc3c(=O)c(-c4ccc(O)cc4)c(C(N)=O)oc3c2)OC(C(=O)O)C(O)C1O)C(C)CC=Cc1ccccc1. The lowest BCUT2D eigenvalue weighted by Crippen LogP contribution is -2.71. The summed E-state index contributed by atoms with van der Waals surface area (Å²) in [6.07, 6.45) is -1.97. The highest BCUT2D eigenvalue weighted by Crippen LogP contribution is 2.34. The maximum Gasteiger partial charge on any atom is 0.335 e. The number of nitrogens with two attached hydrogens (primary N) is 1. The van der Waals surface area contributed by atoms with Gasteiger partial charge >= 0.3 is 5.97 Å². The van der Waals surface area contributed by atoms with Crippen LogP contribution in [-0.4, -0.2) is 93.8 Å². The van der Waals surface area contributed by atoms with Crippen molar-refractivity contribution in [2.24, 2.45) is 17.6 Å². The molecule has 54 heavy (non-hydrogen) atoms. The van der Waals surface area contributed by atoms with Crippen molar-refractivity contribution in [1.82, 2.24) is 10.6 Å². The lowest BCUT2D eigenvalue weighted by atomic mass is 9.85. The molecule has 4 aromatic rings. The zero-order chi connectivity index (χ0) is 39.0. The van der Waals surface area contributed by atoms with Crippen molar-refractivity contribution in [1.29, 1.82) is 0 Å². The molecule has 288 valence electrons. The van der Waals surface area contributed by atoms with E-state index < -0.39 is 53.3 Å². The quantitative estimate of drug-likeness (QED) is 0.0728. The molecule has 14 nitrogen and oxygen atoms in total. The monoisotopic (exact) mass is 745 g/mol. The molecule has 0 spiro atoms. The number of carbonyl (C=O) groups excluding carboxylic acids is 1. The maximum absolute atomic E-state index is 13.6. The van der Waals surface area contributed by atoms with Crippen molar-refractivity contribution in [3.05, 3.63) is 100 Å². The van der Waals surface area contributed by atoms with E-state index in [0.717, 1.165) is 24.9 Å². The van der Waals surface area contributed by atoms with Gasteiger partial charge in [-0.3, -0.25) is 9.59 Å². The van der Waals surface area contributed by atoms with Gasteiger partial charge in [-0.2, -0.15) is 0 Å². The van der Waals surface area contributed by atoms with Gasteiger partial charge in [-0.25, -0.2) is 4.79 Å². The van der Waals surface area contributed by atoms with Crippen LogP contribution in [-0.2, 0) is 9.53 Å². The van der Waals surface area contributed by atoms with Crippen LogP contribution in [0.4, 0.5) is 0 Å². The second kappa shape index (κ2) is 17.8. The fourth-order valence-electron chi connectivity index (χ4n) is 6.46. The Labute approximate surface area is 311 Å². The molecule has 1 amide bonds. The van der Waals surface area contributed by atoms with Crippen molar-refractivity contribution >= 4 is 28.9 Å². The molecule has 1 saturated heterocycles. The van der Waals surface area contributed by atoms with Gasteiger partial charge in [0.1, 0.15) is 29.3 Å². The van der Waals surface area contributed by atoms with Crippen LogP contribution in [0.3, 0.4) is 0 Å². The summed E-state index contributed by atoms with van der Waals surface area (Å²) >= 11 is 0. The van der Waals surface area contributed by atoms with E-state index in [0.29, 0.717) is 13.1 Å². The largest absolute Gasteiger partial charge is 0.508 e. The van der Waals surface area contributed by atoms with Crippen LogP contribution in [0.25, 0.3) is 28.2 Å². The molecule has 7 unspecified atom stereocenters. The van der Waals surface area contributed by atoms with E-state index in [-0.39, 0.29) is 52.0 Å². The Morgan fingerprint density at radius 3 is 2.41 bits per heavy atom. The minimum atomic E-state index is -2.37. The van der Waals surface area contributed by atoms with Crippen LogP contribution in [0.5, 0.6) is 11.5 Å². The van der Waals surface area contributed by atoms with Gasteiger partial charge in [0.25, 0.3) is 5.91 Å². The van der Waals surface area contributed by atoms with Crippen molar-refractivity contribution < 1.29 is 49.0 Å². The number of carboxylic acids is 1. The number of hydrogen-bond donors (Lipinski definition) is 8. The molecule has 3 aromatic carbocycles. The van der Waals surface area contributed by atoms with Gasteiger partial charge in [-0.1, -0.05) is 68.5 Å². The summed E-state index contributed by atoms with van der Waals surface area (Å²) in [5.74, 6) is -2.98. The summed E-state index contributed by atoms with van der Waals surface area (Å²) in [6.45, 7) is 5.65. The number of aliphatic hydroxyl groups excluding tert-OH is 2. The number of primary amides is 1. The Morgan fingerprint density at radius 2 is 1.74 bits per heavy atom. The van der Waals surface area contributed by atoms with Crippen molar-refractivity contribution in [2.45, 2.75) is 56.9 Å². The molecule has 0 bridgehead atoms. The molecule has 1 fully saturated rings. The van der Waals surface area contributed by atoms with E-state index in [4.69, 9.17) is 19.6 Å². The first kappa shape index (κ1) is 40.1. The molecule has 1 aromatic heterocycles. The summed E-state index contributed by atoms with van der Waals surface area (Å²) in [5.41, 5.74) is 3.72. The Hall–Kier alpha value is -5.09. The molecule has 0 aliphatic carbocycles. The highest BCUT2D eigenvalue weighted by atomic mass is 16.7.